The smallest absolute Gasteiger partial charge is 0.0541 e. The summed E-state index contributed by atoms with van der Waals surface area (Å²) in [6.07, 6.45) is 1.01. The Morgan fingerprint density at radius 3 is 1.70 bits per heavy atom. The quantitative estimate of drug-likeness (QED) is 0.181. The van der Waals surface area contributed by atoms with E-state index in [1.54, 1.807) is 0 Å². The average molecular weight is 588 g/mol. The van der Waals surface area contributed by atoms with Crippen molar-refractivity contribution in [1.29, 1.82) is 0 Å². The molecule has 0 spiro atoms. The van der Waals surface area contributed by atoms with E-state index < -0.39 is 0 Å². The van der Waals surface area contributed by atoms with Gasteiger partial charge in [0.25, 0.3) is 0 Å². The predicted octanol–water partition coefficient (Wildman–Crippen LogP) is 12.4. The second-order valence-electron chi connectivity index (χ2n) is 12.4. The molecule has 46 heavy (non-hydrogen) atoms. The average Bonchev–Trinajstić information content (AvgIpc) is 3.45. The fourth-order valence-corrected chi connectivity index (χ4v) is 7.66. The number of fused-ring (bicyclic) bond motifs is 9. The van der Waals surface area contributed by atoms with E-state index in [0.717, 1.165) is 6.42 Å². The zero-order valence-corrected chi connectivity index (χ0v) is 26.1. The first-order valence-electron chi connectivity index (χ1n) is 16.3. The van der Waals surface area contributed by atoms with Crippen molar-refractivity contribution in [3.8, 4) is 27.9 Å². The molecular formula is C45H33N. The lowest BCUT2D eigenvalue weighted by molar-refractivity contribution is 1.14. The van der Waals surface area contributed by atoms with Gasteiger partial charge in [0.15, 0.2) is 0 Å². The summed E-state index contributed by atoms with van der Waals surface area (Å²) < 4.78 is 2.44. The molecule has 9 rings (SSSR count). The molecule has 1 nitrogen and oxygen atoms in total. The number of nitrogens with zero attached hydrogens (tertiary/aromatic N) is 1. The summed E-state index contributed by atoms with van der Waals surface area (Å²) in [6.45, 7) is 4.45. The van der Waals surface area contributed by atoms with Crippen LogP contribution < -0.4 is 0 Å². The number of rotatable bonds is 4. The van der Waals surface area contributed by atoms with Crippen LogP contribution in [0.25, 0.3) is 82.1 Å². The molecule has 0 unspecified atom stereocenters. The summed E-state index contributed by atoms with van der Waals surface area (Å²) in [4.78, 5) is 0. The number of aryl methyl sites for hydroxylation is 2. The van der Waals surface area contributed by atoms with Crippen LogP contribution in [0.4, 0.5) is 0 Å². The van der Waals surface area contributed by atoms with Crippen LogP contribution in [0, 0.1) is 6.92 Å². The van der Waals surface area contributed by atoms with Crippen molar-refractivity contribution in [3.05, 3.63) is 163 Å². The van der Waals surface area contributed by atoms with E-state index in [4.69, 9.17) is 0 Å². The van der Waals surface area contributed by atoms with Gasteiger partial charge in [-0.3, -0.25) is 0 Å². The van der Waals surface area contributed by atoms with Crippen molar-refractivity contribution >= 4 is 54.1 Å². The topological polar surface area (TPSA) is 4.93 Å². The fraction of sp³-hybridized carbons (Fsp3) is 0.0667. The van der Waals surface area contributed by atoms with Gasteiger partial charge in [0.05, 0.1) is 11.0 Å². The van der Waals surface area contributed by atoms with Crippen LogP contribution in [0.1, 0.15) is 18.1 Å². The number of hydrogen-bond donors (Lipinski definition) is 0. The first-order chi connectivity index (χ1) is 22.7. The van der Waals surface area contributed by atoms with E-state index in [9.17, 15) is 0 Å². The molecule has 0 amide bonds. The first-order valence-corrected chi connectivity index (χ1v) is 16.3. The molecule has 1 aromatic heterocycles. The Labute approximate surface area is 269 Å². The number of benzene rings is 8. The van der Waals surface area contributed by atoms with Crippen LogP contribution in [-0.4, -0.2) is 4.57 Å². The zero-order valence-electron chi connectivity index (χ0n) is 26.1. The van der Waals surface area contributed by atoms with Gasteiger partial charge in [-0.1, -0.05) is 122 Å². The highest BCUT2D eigenvalue weighted by Crippen LogP contribution is 2.40. The highest BCUT2D eigenvalue weighted by atomic mass is 15.0. The molecule has 0 saturated carbocycles. The van der Waals surface area contributed by atoms with Gasteiger partial charge in [0, 0.05) is 16.5 Å². The van der Waals surface area contributed by atoms with Crippen LogP contribution in [-0.2, 0) is 6.42 Å². The minimum Gasteiger partial charge on any atom is -0.309 e. The molecule has 8 aromatic carbocycles. The van der Waals surface area contributed by atoms with E-state index in [1.807, 2.05) is 0 Å². The summed E-state index contributed by atoms with van der Waals surface area (Å²) in [5.74, 6) is 0. The second kappa shape index (κ2) is 10.5. The van der Waals surface area contributed by atoms with Crippen LogP contribution in [0.3, 0.4) is 0 Å². The zero-order chi connectivity index (χ0) is 30.8. The van der Waals surface area contributed by atoms with E-state index in [2.05, 4.69) is 170 Å². The third-order valence-corrected chi connectivity index (χ3v) is 9.92. The summed E-state index contributed by atoms with van der Waals surface area (Å²) in [5, 5.41) is 10.3. The minimum atomic E-state index is 1.01. The lowest BCUT2D eigenvalue weighted by Crippen LogP contribution is -1.94. The highest BCUT2D eigenvalue weighted by molar-refractivity contribution is 6.25. The van der Waals surface area contributed by atoms with Gasteiger partial charge in [-0.25, -0.2) is 0 Å². The maximum absolute atomic E-state index is 2.44. The molecule has 0 fully saturated rings. The molecule has 0 aliphatic heterocycles. The van der Waals surface area contributed by atoms with Crippen molar-refractivity contribution in [2.75, 3.05) is 0 Å². The lowest BCUT2D eigenvalue weighted by atomic mass is 9.91. The third kappa shape index (κ3) is 4.02. The Kier molecular flexibility index (Phi) is 6.08. The molecule has 0 bridgehead atoms. The lowest BCUT2D eigenvalue weighted by Gasteiger charge is -2.14. The maximum atomic E-state index is 2.44. The van der Waals surface area contributed by atoms with Crippen LogP contribution >= 0.6 is 0 Å². The van der Waals surface area contributed by atoms with Crippen molar-refractivity contribution in [3.63, 3.8) is 0 Å². The van der Waals surface area contributed by atoms with E-state index in [1.165, 1.54) is 93.2 Å². The van der Waals surface area contributed by atoms with E-state index in [0.29, 0.717) is 0 Å². The molecule has 0 atom stereocenters. The largest absolute Gasteiger partial charge is 0.309 e. The Hall–Kier alpha value is -5.66. The van der Waals surface area contributed by atoms with E-state index >= 15 is 0 Å². The van der Waals surface area contributed by atoms with Crippen LogP contribution in [0.5, 0.6) is 0 Å². The fourth-order valence-electron chi connectivity index (χ4n) is 7.66. The van der Waals surface area contributed by atoms with Gasteiger partial charge < -0.3 is 4.57 Å². The van der Waals surface area contributed by atoms with Crippen molar-refractivity contribution in [1.82, 2.24) is 4.57 Å². The second-order valence-corrected chi connectivity index (χ2v) is 12.4. The SMILES string of the molecule is CCc1ccc(-c2ccc3c(c2)c2ccccc2n3-c2ccc3c4ccccc4c4ccccc4c3c2)cc1-c1ccccc1C. The molecular weight excluding hydrogens is 555 g/mol. The summed E-state index contributed by atoms with van der Waals surface area (Å²) in [7, 11) is 0. The molecule has 0 radical (unpaired) electrons. The Morgan fingerprint density at radius 1 is 0.413 bits per heavy atom. The van der Waals surface area contributed by atoms with Gasteiger partial charge in [-0.2, -0.15) is 0 Å². The summed E-state index contributed by atoms with van der Waals surface area (Å²) >= 11 is 0. The molecule has 1 heteroatoms. The van der Waals surface area contributed by atoms with E-state index in [-0.39, 0.29) is 0 Å². The third-order valence-electron chi connectivity index (χ3n) is 9.92. The molecule has 9 aromatic rings. The number of para-hydroxylation sites is 1. The number of hydrogen-bond acceptors (Lipinski definition) is 0. The Bertz CT molecular complexity index is 2600. The molecule has 218 valence electrons. The van der Waals surface area contributed by atoms with Crippen LogP contribution in [0.2, 0.25) is 0 Å². The normalized spacial score (nSPS) is 11.8. The van der Waals surface area contributed by atoms with Gasteiger partial charge in [0.1, 0.15) is 0 Å². The van der Waals surface area contributed by atoms with Crippen molar-refractivity contribution in [2.24, 2.45) is 0 Å². The molecule has 0 aliphatic rings. The van der Waals surface area contributed by atoms with Gasteiger partial charge in [-0.15, -0.1) is 0 Å². The van der Waals surface area contributed by atoms with Crippen LogP contribution in [0.15, 0.2) is 152 Å². The summed E-state index contributed by atoms with van der Waals surface area (Å²) in [5.41, 5.74) is 11.5. The van der Waals surface area contributed by atoms with Gasteiger partial charge in [-0.05, 0) is 115 Å². The molecule has 0 saturated heterocycles. The molecule has 0 N–H and O–H groups in total. The standard InChI is InChI=1S/C45H33N/c1-3-30-20-21-31(26-41(30)34-13-5-4-12-29(34)2)32-22-25-45-43(27-32)40-18-10-11-19-44(40)46(45)33-23-24-39-37-16-7-6-14-35(37)36-15-8-9-17-38(36)42(39)28-33/h4-28H,3H2,1-2H3. The van der Waals surface area contributed by atoms with Gasteiger partial charge in [0.2, 0.25) is 0 Å². The van der Waals surface area contributed by atoms with Gasteiger partial charge >= 0.3 is 0 Å². The summed E-state index contributed by atoms with van der Waals surface area (Å²) in [6, 6.07) is 56.2. The number of aromatic nitrogens is 1. The Morgan fingerprint density at radius 2 is 0.978 bits per heavy atom. The van der Waals surface area contributed by atoms with Crippen molar-refractivity contribution < 1.29 is 0 Å². The Balaban J connectivity index is 1.26. The predicted molar refractivity (Wildman–Crippen MR) is 198 cm³/mol. The molecule has 0 aliphatic carbocycles. The molecule has 1 heterocycles. The maximum Gasteiger partial charge on any atom is 0.0541 e. The van der Waals surface area contributed by atoms with Crippen molar-refractivity contribution in [2.45, 2.75) is 20.3 Å². The minimum absolute atomic E-state index is 1.01. The highest BCUT2D eigenvalue weighted by Gasteiger charge is 2.16. The first kappa shape index (κ1) is 26.7. The monoisotopic (exact) mass is 587 g/mol.